The van der Waals surface area contributed by atoms with Crippen LogP contribution in [0.3, 0.4) is 0 Å². The molecule has 1 aromatic rings. The third-order valence-electron chi connectivity index (χ3n) is 4.36. The number of alkyl halides is 3. The molecule has 0 atom stereocenters. The van der Waals surface area contributed by atoms with Gasteiger partial charge in [-0.15, -0.1) is 0 Å². The first-order chi connectivity index (χ1) is 11.8. The van der Waals surface area contributed by atoms with Gasteiger partial charge < -0.3 is 10.2 Å². The van der Waals surface area contributed by atoms with Crippen LogP contribution in [-0.2, 0) is 17.5 Å². The van der Waals surface area contributed by atoms with Gasteiger partial charge in [0.15, 0.2) is 5.69 Å². The van der Waals surface area contributed by atoms with Gasteiger partial charge in [0.25, 0.3) is 0 Å². The number of carbonyl (C=O) groups excluding carboxylic acids is 1. The number of carbonyl (C=O) groups is 1. The van der Waals surface area contributed by atoms with Gasteiger partial charge in [-0.3, -0.25) is 9.48 Å². The molecule has 1 N–H and O–H groups in total. The Kier molecular flexibility index (Phi) is 6.73. The molecule has 0 saturated heterocycles. The zero-order chi connectivity index (χ0) is 18.6. The molecule has 0 spiro atoms. The number of rotatable bonds is 9. The average molecular weight is 381 g/mol. The van der Waals surface area contributed by atoms with E-state index in [0.29, 0.717) is 12.2 Å². The van der Waals surface area contributed by atoms with Crippen LogP contribution in [0.25, 0.3) is 0 Å². The van der Waals surface area contributed by atoms with Gasteiger partial charge in [0.05, 0.1) is 17.3 Å². The van der Waals surface area contributed by atoms with Gasteiger partial charge in [-0.1, -0.05) is 25.4 Å². The number of aryl methyl sites for hydroxylation is 1. The number of aromatic nitrogens is 2. The minimum Gasteiger partial charge on any atom is -0.355 e. The Morgan fingerprint density at radius 3 is 2.52 bits per heavy atom. The molecule has 1 aliphatic carbocycles. The van der Waals surface area contributed by atoms with Crippen LogP contribution < -0.4 is 5.32 Å². The van der Waals surface area contributed by atoms with Crippen LogP contribution in [0.15, 0.2) is 0 Å². The fourth-order valence-electron chi connectivity index (χ4n) is 2.74. The molecule has 0 aliphatic heterocycles. The Bertz CT molecular complexity index is 595. The molecule has 1 amide bonds. The Morgan fingerprint density at radius 2 is 2.00 bits per heavy atom. The van der Waals surface area contributed by atoms with Gasteiger partial charge >= 0.3 is 6.18 Å². The Labute approximate surface area is 150 Å². The fourth-order valence-corrected chi connectivity index (χ4v) is 3.14. The van der Waals surface area contributed by atoms with E-state index in [4.69, 9.17) is 11.6 Å². The van der Waals surface area contributed by atoms with Crippen LogP contribution in [0.4, 0.5) is 13.2 Å². The lowest BCUT2D eigenvalue weighted by atomic mass is 10.2. The largest absolute Gasteiger partial charge is 0.436 e. The van der Waals surface area contributed by atoms with E-state index >= 15 is 0 Å². The summed E-state index contributed by atoms with van der Waals surface area (Å²) in [6, 6.07) is 0. The van der Waals surface area contributed by atoms with Crippen LogP contribution in [0, 0.1) is 0 Å². The number of hydrogen-bond donors (Lipinski definition) is 1. The van der Waals surface area contributed by atoms with E-state index in [2.05, 4.69) is 15.3 Å². The van der Waals surface area contributed by atoms with Crippen molar-refractivity contribution in [1.29, 1.82) is 0 Å². The van der Waals surface area contributed by atoms with Crippen molar-refractivity contribution in [3.8, 4) is 0 Å². The van der Waals surface area contributed by atoms with Crippen molar-refractivity contribution in [3.63, 3.8) is 0 Å². The van der Waals surface area contributed by atoms with Crippen LogP contribution >= 0.6 is 11.6 Å². The second-order valence-electron chi connectivity index (χ2n) is 6.17. The van der Waals surface area contributed by atoms with E-state index in [-0.39, 0.29) is 29.8 Å². The second kappa shape index (κ2) is 8.40. The Morgan fingerprint density at radius 1 is 1.36 bits per heavy atom. The lowest BCUT2D eigenvalue weighted by molar-refractivity contribution is -0.141. The first kappa shape index (κ1) is 20.0. The summed E-state index contributed by atoms with van der Waals surface area (Å²) in [5.41, 5.74) is -0.650. The van der Waals surface area contributed by atoms with Crippen LogP contribution in [-0.4, -0.2) is 46.8 Å². The van der Waals surface area contributed by atoms with Crippen molar-refractivity contribution in [2.75, 3.05) is 26.2 Å². The van der Waals surface area contributed by atoms with Gasteiger partial charge in [0.2, 0.25) is 5.91 Å². The molecule has 0 bridgehead atoms. The molecule has 1 aromatic heterocycles. The molecule has 0 unspecified atom stereocenters. The normalized spacial score (nSPS) is 15.0. The summed E-state index contributed by atoms with van der Waals surface area (Å²) < 4.78 is 40.2. The lowest BCUT2D eigenvalue weighted by Gasteiger charge is -2.18. The molecule has 1 heterocycles. The molecule has 0 aromatic carbocycles. The number of nitrogens with zero attached hydrogens (tertiary/aromatic N) is 3. The third-order valence-corrected chi connectivity index (χ3v) is 4.73. The minimum absolute atomic E-state index is 0.0156. The SMILES string of the molecule is CCN(CC)CCNC(=O)CCn1nc(C(F)(F)F)c(Cl)c1C1CC1. The average Bonchev–Trinajstić information content (AvgIpc) is 3.32. The van der Waals surface area contributed by atoms with Crippen molar-refractivity contribution in [1.82, 2.24) is 20.0 Å². The predicted molar refractivity (Wildman–Crippen MR) is 89.6 cm³/mol. The van der Waals surface area contributed by atoms with Crippen LogP contribution in [0.1, 0.15) is 50.4 Å². The molecule has 0 radical (unpaired) electrons. The summed E-state index contributed by atoms with van der Waals surface area (Å²) in [7, 11) is 0. The molecular formula is C16H24ClF3N4O. The van der Waals surface area contributed by atoms with E-state index in [0.717, 1.165) is 32.5 Å². The summed E-state index contributed by atoms with van der Waals surface area (Å²) in [5, 5.41) is 6.09. The molecule has 2 rings (SSSR count). The topological polar surface area (TPSA) is 50.2 Å². The van der Waals surface area contributed by atoms with Gasteiger partial charge in [-0.2, -0.15) is 18.3 Å². The molecule has 9 heteroatoms. The minimum atomic E-state index is -4.59. The third kappa shape index (κ3) is 5.34. The molecule has 25 heavy (non-hydrogen) atoms. The number of nitrogens with one attached hydrogen (secondary N) is 1. The van der Waals surface area contributed by atoms with Crippen molar-refractivity contribution in [2.24, 2.45) is 0 Å². The quantitative estimate of drug-likeness (QED) is 0.715. The van der Waals surface area contributed by atoms with E-state index in [9.17, 15) is 18.0 Å². The maximum absolute atomic E-state index is 13.0. The molecule has 1 aliphatic rings. The summed E-state index contributed by atoms with van der Waals surface area (Å²) in [4.78, 5) is 14.1. The highest BCUT2D eigenvalue weighted by Crippen LogP contribution is 2.46. The molecule has 1 saturated carbocycles. The first-order valence-electron chi connectivity index (χ1n) is 8.60. The van der Waals surface area contributed by atoms with Crippen molar-refractivity contribution < 1.29 is 18.0 Å². The molecular weight excluding hydrogens is 357 g/mol. The van der Waals surface area contributed by atoms with Gasteiger partial charge in [-0.05, 0) is 25.9 Å². The van der Waals surface area contributed by atoms with Crippen LogP contribution in [0.5, 0.6) is 0 Å². The number of amides is 1. The van der Waals surface area contributed by atoms with Crippen molar-refractivity contribution >= 4 is 17.5 Å². The summed E-state index contributed by atoms with van der Waals surface area (Å²) in [5.74, 6) is -0.184. The fraction of sp³-hybridized carbons (Fsp3) is 0.750. The van der Waals surface area contributed by atoms with Crippen LogP contribution in [0.2, 0.25) is 5.02 Å². The summed E-state index contributed by atoms with van der Waals surface area (Å²) >= 11 is 5.91. The smallest absolute Gasteiger partial charge is 0.355 e. The second-order valence-corrected chi connectivity index (χ2v) is 6.55. The number of hydrogen-bond acceptors (Lipinski definition) is 3. The molecule has 142 valence electrons. The zero-order valence-corrected chi connectivity index (χ0v) is 15.3. The highest BCUT2D eigenvalue weighted by atomic mass is 35.5. The van der Waals surface area contributed by atoms with Gasteiger partial charge in [0.1, 0.15) is 0 Å². The van der Waals surface area contributed by atoms with E-state index < -0.39 is 11.9 Å². The zero-order valence-electron chi connectivity index (χ0n) is 14.5. The van der Waals surface area contributed by atoms with Crippen molar-refractivity contribution in [3.05, 3.63) is 16.4 Å². The Balaban J connectivity index is 1.93. The van der Waals surface area contributed by atoms with Gasteiger partial charge in [0, 0.05) is 25.4 Å². The summed E-state index contributed by atoms with van der Waals surface area (Å²) in [6.07, 6.45) is -2.90. The molecule has 5 nitrogen and oxygen atoms in total. The van der Waals surface area contributed by atoms with Gasteiger partial charge in [-0.25, -0.2) is 0 Å². The predicted octanol–water partition coefficient (Wildman–Crippen LogP) is 3.28. The van der Waals surface area contributed by atoms with E-state index in [1.54, 1.807) is 0 Å². The van der Waals surface area contributed by atoms with E-state index in [1.807, 2.05) is 13.8 Å². The summed E-state index contributed by atoms with van der Waals surface area (Å²) in [6.45, 7) is 7.27. The maximum atomic E-state index is 13.0. The maximum Gasteiger partial charge on any atom is 0.436 e. The highest BCUT2D eigenvalue weighted by molar-refractivity contribution is 6.32. The van der Waals surface area contributed by atoms with E-state index in [1.165, 1.54) is 4.68 Å². The number of likely N-dealkylation sites (N-methyl/N-ethyl adjacent to an activating group) is 1. The first-order valence-corrected chi connectivity index (χ1v) is 8.98. The lowest BCUT2D eigenvalue weighted by Crippen LogP contribution is -2.35. The highest BCUT2D eigenvalue weighted by Gasteiger charge is 2.41. The standard InChI is InChI=1S/C16H24ClF3N4O/c1-3-23(4-2)10-8-21-12(25)7-9-24-14(11-5-6-11)13(17)15(22-24)16(18,19)20/h11H,3-10H2,1-2H3,(H,21,25). The molecule has 1 fully saturated rings. The Hall–Kier alpha value is -1.28. The number of halogens is 4. The monoisotopic (exact) mass is 380 g/mol. The van der Waals surface area contributed by atoms with Crippen molar-refractivity contribution in [2.45, 2.75) is 51.7 Å².